The lowest BCUT2D eigenvalue weighted by Gasteiger charge is -2.21. The van der Waals surface area contributed by atoms with E-state index in [1.165, 1.54) is 257 Å². The van der Waals surface area contributed by atoms with Crippen molar-refractivity contribution in [2.24, 2.45) is 23.7 Å². The number of carbonyl (C=O) groups is 4. The first-order valence-corrected chi connectivity index (χ1v) is 48.3. The summed E-state index contributed by atoms with van der Waals surface area (Å²) in [7, 11) is -9.93. The van der Waals surface area contributed by atoms with E-state index in [-0.39, 0.29) is 25.7 Å². The summed E-state index contributed by atoms with van der Waals surface area (Å²) in [5.74, 6) is 1.12. The van der Waals surface area contributed by atoms with E-state index in [2.05, 4.69) is 55.4 Å². The van der Waals surface area contributed by atoms with Crippen molar-refractivity contribution in [1.82, 2.24) is 0 Å². The van der Waals surface area contributed by atoms with Crippen molar-refractivity contribution < 1.29 is 80.2 Å². The highest BCUT2D eigenvalue weighted by atomic mass is 31.2. The number of aliphatic hydroxyl groups excluding tert-OH is 1. The van der Waals surface area contributed by atoms with Gasteiger partial charge in [0.1, 0.15) is 19.3 Å². The fourth-order valence-corrected chi connectivity index (χ4v) is 15.2. The number of aliphatic hydroxyl groups is 1. The van der Waals surface area contributed by atoms with Crippen molar-refractivity contribution in [3.05, 3.63) is 0 Å². The van der Waals surface area contributed by atoms with Gasteiger partial charge in [-0.1, -0.05) is 409 Å². The largest absolute Gasteiger partial charge is 0.472 e. The quantitative estimate of drug-likeness (QED) is 0.0222. The van der Waals surface area contributed by atoms with Crippen molar-refractivity contribution in [2.75, 3.05) is 39.6 Å². The molecule has 0 saturated heterocycles. The Morgan fingerprint density at radius 3 is 0.664 bits per heavy atom. The molecule has 0 aliphatic carbocycles. The summed E-state index contributed by atoms with van der Waals surface area (Å²) in [6.45, 7) is 14.4. The van der Waals surface area contributed by atoms with Crippen molar-refractivity contribution in [3.63, 3.8) is 0 Å². The summed E-state index contributed by atoms with van der Waals surface area (Å²) < 4.78 is 68.9. The van der Waals surface area contributed by atoms with Crippen LogP contribution in [-0.4, -0.2) is 96.7 Å². The van der Waals surface area contributed by atoms with Crippen molar-refractivity contribution in [3.8, 4) is 0 Å². The molecular formula is C88H172O17P2. The molecule has 0 aromatic rings. The Labute approximate surface area is 658 Å². The van der Waals surface area contributed by atoms with Gasteiger partial charge in [0, 0.05) is 25.7 Å². The van der Waals surface area contributed by atoms with Gasteiger partial charge in [0.2, 0.25) is 0 Å². The van der Waals surface area contributed by atoms with E-state index < -0.39 is 97.5 Å². The molecule has 17 nitrogen and oxygen atoms in total. The van der Waals surface area contributed by atoms with Crippen LogP contribution in [-0.2, 0) is 65.4 Å². The molecule has 0 spiro atoms. The van der Waals surface area contributed by atoms with Gasteiger partial charge in [-0.05, 0) is 49.4 Å². The van der Waals surface area contributed by atoms with Gasteiger partial charge < -0.3 is 33.8 Å². The van der Waals surface area contributed by atoms with Gasteiger partial charge in [0.15, 0.2) is 12.2 Å². The number of hydrogen-bond donors (Lipinski definition) is 3. The first-order valence-electron chi connectivity index (χ1n) is 45.3. The highest BCUT2D eigenvalue weighted by Crippen LogP contribution is 2.45. The number of ether oxygens (including phenoxy) is 4. The van der Waals surface area contributed by atoms with E-state index in [1.54, 1.807) is 0 Å². The fourth-order valence-electron chi connectivity index (χ4n) is 13.6. The predicted molar refractivity (Wildman–Crippen MR) is 441 cm³/mol. The summed E-state index contributed by atoms with van der Waals surface area (Å²) in [6.07, 6.45) is 66.7. The number of esters is 4. The summed E-state index contributed by atoms with van der Waals surface area (Å²) >= 11 is 0. The molecule has 0 rings (SSSR count). The molecule has 0 aromatic carbocycles. The molecule has 0 aliphatic rings. The SMILES string of the molecule is CCC(C)CCCCCCCCCCCCCCCCCCCCC(=O)OC[C@H](COP(=O)(O)OC[C@@H](O)COP(=O)(O)OC[C@@H](COC(=O)CCCCCCCCC(C)CC)OC(=O)CCCCCCCCCCCCCCCCCCCCC(C)C)OC(=O)CCCCCCCCCCCCC(C)CC. The topological polar surface area (TPSA) is 237 Å². The molecule has 0 fully saturated rings. The lowest BCUT2D eigenvalue weighted by Crippen LogP contribution is -2.30. The second-order valence-electron chi connectivity index (χ2n) is 32.8. The molecule has 636 valence electrons. The minimum Gasteiger partial charge on any atom is -0.462 e. The second-order valence-corrected chi connectivity index (χ2v) is 35.7. The number of carbonyl (C=O) groups excluding carboxylic acids is 4. The van der Waals surface area contributed by atoms with Crippen molar-refractivity contribution in [1.29, 1.82) is 0 Å². The fraction of sp³-hybridized carbons (Fsp3) is 0.955. The molecule has 0 amide bonds. The summed E-state index contributed by atoms with van der Waals surface area (Å²) in [5.41, 5.74) is 0. The third kappa shape index (κ3) is 77.8. The Balaban J connectivity index is 5.18. The van der Waals surface area contributed by atoms with E-state index in [9.17, 15) is 43.2 Å². The minimum absolute atomic E-state index is 0.107. The van der Waals surface area contributed by atoms with Crippen LogP contribution in [0.15, 0.2) is 0 Å². The van der Waals surface area contributed by atoms with E-state index in [1.807, 2.05) is 0 Å². The molecule has 0 saturated carbocycles. The normalized spacial score (nSPS) is 14.7. The van der Waals surface area contributed by atoms with Gasteiger partial charge in [-0.15, -0.1) is 0 Å². The van der Waals surface area contributed by atoms with Crippen LogP contribution >= 0.6 is 15.6 Å². The maximum atomic E-state index is 13.1. The average molecular weight is 1560 g/mol. The second kappa shape index (κ2) is 76.7. The van der Waals surface area contributed by atoms with Gasteiger partial charge >= 0.3 is 39.5 Å². The van der Waals surface area contributed by atoms with Crippen LogP contribution in [0, 0.1) is 23.7 Å². The maximum absolute atomic E-state index is 13.1. The van der Waals surface area contributed by atoms with Gasteiger partial charge in [-0.25, -0.2) is 9.13 Å². The molecule has 0 heterocycles. The lowest BCUT2D eigenvalue weighted by molar-refractivity contribution is -0.161. The zero-order valence-electron chi connectivity index (χ0n) is 70.8. The molecule has 8 atom stereocenters. The number of phosphoric acid groups is 2. The lowest BCUT2D eigenvalue weighted by atomic mass is 9.99. The van der Waals surface area contributed by atoms with E-state index in [0.29, 0.717) is 25.7 Å². The zero-order valence-corrected chi connectivity index (χ0v) is 72.6. The van der Waals surface area contributed by atoms with Crippen LogP contribution in [0.25, 0.3) is 0 Å². The van der Waals surface area contributed by atoms with Gasteiger partial charge in [0.05, 0.1) is 26.4 Å². The number of phosphoric ester groups is 2. The molecular weight excluding hydrogens is 1390 g/mol. The Morgan fingerprint density at radius 1 is 0.262 bits per heavy atom. The summed E-state index contributed by atoms with van der Waals surface area (Å²) in [6, 6.07) is 0. The number of unbranched alkanes of at least 4 members (excludes halogenated alkanes) is 48. The molecule has 19 heteroatoms. The molecule has 0 bridgehead atoms. The summed E-state index contributed by atoms with van der Waals surface area (Å²) in [4.78, 5) is 73.2. The van der Waals surface area contributed by atoms with Gasteiger partial charge in [0.25, 0.3) is 0 Å². The Morgan fingerprint density at radius 2 is 0.449 bits per heavy atom. The van der Waals surface area contributed by atoms with Crippen LogP contribution < -0.4 is 0 Å². The molecule has 0 aromatic heterocycles. The molecule has 3 N–H and O–H groups in total. The van der Waals surface area contributed by atoms with E-state index in [0.717, 1.165) is 120 Å². The number of rotatable bonds is 85. The highest BCUT2D eigenvalue weighted by molar-refractivity contribution is 7.47. The van der Waals surface area contributed by atoms with Crippen molar-refractivity contribution in [2.45, 2.75) is 478 Å². The van der Waals surface area contributed by atoms with E-state index >= 15 is 0 Å². The summed E-state index contributed by atoms with van der Waals surface area (Å²) in [5, 5.41) is 10.7. The Hall–Kier alpha value is -1.94. The highest BCUT2D eigenvalue weighted by Gasteiger charge is 2.31. The van der Waals surface area contributed by atoms with Crippen LogP contribution in [0.1, 0.15) is 460 Å². The monoisotopic (exact) mass is 1560 g/mol. The van der Waals surface area contributed by atoms with Crippen LogP contribution in [0.4, 0.5) is 0 Å². The third-order valence-corrected chi connectivity index (χ3v) is 23.6. The Bertz CT molecular complexity index is 2080. The Kier molecular flexibility index (Phi) is 75.3. The molecule has 5 unspecified atom stereocenters. The number of hydrogen-bond acceptors (Lipinski definition) is 15. The van der Waals surface area contributed by atoms with Gasteiger partial charge in [-0.2, -0.15) is 0 Å². The zero-order chi connectivity index (χ0) is 78.8. The molecule has 107 heavy (non-hydrogen) atoms. The van der Waals surface area contributed by atoms with Crippen LogP contribution in [0.2, 0.25) is 0 Å². The minimum atomic E-state index is -4.97. The first kappa shape index (κ1) is 105. The molecule has 0 radical (unpaired) electrons. The third-order valence-electron chi connectivity index (χ3n) is 21.7. The van der Waals surface area contributed by atoms with Crippen molar-refractivity contribution >= 4 is 39.5 Å². The van der Waals surface area contributed by atoms with Crippen LogP contribution in [0.5, 0.6) is 0 Å². The van der Waals surface area contributed by atoms with Crippen LogP contribution in [0.3, 0.4) is 0 Å². The average Bonchev–Trinajstić information content (AvgIpc) is 0.901. The smallest absolute Gasteiger partial charge is 0.462 e. The van der Waals surface area contributed by atoms with E-state index in [4.69, 9.17) is 37.0 Å². The van der Waals surface area contributed by atoms with Gasteiger partial charge in [-0.3, -0.25) is 37.3 Å². The standard InChI is InChI=1S/C88H172O17P2/c1-9-79(6)65-57-49-41-35-29-25-21-17-13-15-18-22-26-30-37-43-52-60-68-85(90)98-74-83(104-88(93)71-63-55-45-39-33-32-36-42-50-58-66-80(7)10-2)76-102-106(94,95)100-72-82(89)73-101-107(96,97)103-77-84(75-99-86(91)69-61-53-47-46-51-59-67-81(8)11-3)105-87(92)70-62-54-44-38-31-27-23-19-14-12-16-20-24-28-34-40-48-56-64-78(4)5/h78-84,89H,9-77H2,1-8H3,(H,94,95)(H,96,97)/t79?,80?,81?,82-,83-,84-/m1/s1. The maximum Gasteiger partial charge on any atom is 0.472 e. The first-order chi connectivity index (χ1) is 51.7. The predicted octanol–water partition coefficient (Wildman–Crippen LogP) is 26.7. The molecule has 0 aliphatic heterocycles.